The van der Waals surface area contributed by atoms with Crippen LogP contribution < -0.4 is 24.4 Å². The molecule has 1 aromatic heterocycles. The molecule has 0 bridgehead atoms. The first-order valence-electron chi connectivity index (χ1n) is 13.1. The highest BCUT2D eigenvalue weighted by atomic mass is 16.5. The Hall–Kier alpha value is -5.57. The van der Waals surface area contributed by atoms with Crippen LogP contribution in [-0.2, 0) is 6.61 Å². The molecule has 212 valence electrons. The Morgan fingerprint density at radius 2 is 1.50 bits per heavy atom. The number of benzene rings is 4. The number of carbonyl (C=O) groups is 1. The van der Waals surface area contributed by atoms with Gasteiger partial charge in [-0.2, -0.15) is 10.2 Å². The third-order valence-electron chi connectivity index (χ3n) is 6.44. The van der Waals surface area contributed by atoms with Gasteiger partial charge in [0.25, 0.3) is 5.91 Å². The summed E-state index contributed by atoms with van der Waals surface area (Å²) in [6.07, 6.45) is 3.43. The number of hydrogen-bond acceptors (Lipinski definition) is 7. The molecule has 4 aromatic carbocycles. The van der Waals surface area contributed by atoms with Gasteiger partial charge in [0, 0.05) is 22.9 Å². The van der Waals surface area contributed by atoms with Crippen LogP contribution in [0.5, 0.6) is 23.0 Å². The Bertz CT molecular complexity index is 1640. The van der Waals surface area contributed by atoms with Crippen LogP contribution in [0.4, 0.5) is 0 Å². The number of para-hydroxylation sites is 1. The van der Waals surface area contributed by atoms with Crippen molar-refractivity contribution in [1.82, 2.24) is 15.2 Å². The first-order valence-corrected chi connectivity index (χ1v) is 13.1. The van der Waals surface area contributed by atoms with E-state index in [4.69, 9.17) is 24.0 Å². The summed E-state index contributed by atoms with van der Waals surface area (Å²) in [6.45, 7) is 0.479. The number of hydrogen-bond donors (Lipinski definition) is 1. The largest absolute Gasteiger partial charge is 0.493 e. The topological polar surface area (TPSA) is 96.2 Å². The molecule has 0 fully saturated rings. The van der Waals surface area contributed by atoms with Gasteiger partial charge in [-0.05, 0) is 54.1 Å². The lowest BCUT2D eigenvalue weighted by Gasteiger charge is -2.13. The van der Waals surface area contributed by atoms with E-state index in [1.807, 2.05) is 91.1 Å². The van der Waals surface area contributed by atoms with E-state index in [9.17, 15) is 4.79 Å². The van der Waals surface area contributed by atoms with Crippen molar-refractivity contribution in [2.75, 3.05) is 21.3 Å². The first kappa shape index (κ1) is 28.0. The molecule has 0 radical (unpaired) electrons. The van der Waals surface area contributed by atoms with Gasteiger partial charge in [0.15, 0.2) is 11.5 Å². The van der Waals surface area contributed by atoms with Gasteiger partial charge in [0.1, 0.15) is 18.1 Å². The van der Waals surface area contributed by atoms with Crippen LogP contribution in [0.2, 0.25) is 0 Å². The molecule has 0 aliphatic rings. The maximum Gasteiger partial charge on any atom is 0.271 e. The van der Waals surface area contributed by atoms with Crippen LogP contribution in [0.3, 0.4) is 0 Å². The molecule has 0 aliphatic heterocycles. The molecule has 0 aliphatic carbocycles. The summed E-state index contributed by atoms with van der Waals surface area (Å²) in [6, 6.07) is 30.6. The summed E-state index contributed by atoms with van der Waals surface area (Å²) in [5.41, 5.74) is 7.13. The molecule has 1 N–H and O–H groups in total. The number of ether oxygens (including phenoxy) is 4. The quantitative estimate of drug-likeness (QED) is 0.159. The lowest BCUT2D eigenvalue weighted by atomic mass is 10.1. The molecule has 5 aromatic rings. The summed E-state index contributed by atoms with van der Waals surface area (Å²) >= 11 is 0. The number of nitrogens with zero attached hydrogens (tertiary/aromatic N) is 3. The van der Waals surface area contributed by atoms with E-state index in [2.05, 4.69) is 10.5 Å². The smallest absolute Gasteiger partial charge is 0.271 e. The Morgan fingerprint density at radius 1 is 0.857 bits per heavy atom. The lowest BCUT2D eigenvalue weighted by molar-refractivity contribution is 0.0954. The molecular weight excluding hydrogens is 532 g/mol. The monoisotopic (exact) mass is 562 g/mol. The molecule has 0 unspecified atom stereocenters. The number of amides is 1. The van der Waals surface area contributed by atoms with Crippen LogP contribution in [0.15, 0.2) is 108 Å². The summed E-state index contributed by atoms with van der Waals surface area (Å²) in [7, 11) is 4.49. The lowest BCUT2D eigenvalue weighted by Crippen LogP contribution is -2.18. The minimum atomic E-state index is -0.442. The SMILES string of the molecule is COc1cc(C(=O)N/N=C\c2cn(-c3ccccc3)nc2-c2ccc(OCc3ccccc3)cc2)cc(OC)c1OC. The molecule has 1 amide bonds. The Morgan fingerprint density at radius 3 is 2.12 bits per heavy atom. The van der Waals surface area contributed by atoms with E-state index in [0.29, 0.717) is 40.7 Å². The Labute approximate surface area is 243 Å². The molecule has 0 saturated heterocycles. The van der Waals surface area contributed by atoms with E-state index in [0.717, 1.165) is 22.6 Å². The van der Waals surface area contributed by atoms with Gasteiger partial charge >= 0.3 is 0 Å². The van der Waals surface area contributed by atoms with Gasteiger partial charge in [-0.15, -0.1) is 0 Å². The third kappa shape index (κ3) is 6.42. The van der Waals surface area contributed by atoms with Crippen molar-refractivity contribution in [3.63, 3.8) is 0 Å². The van der Waals surface area contributed by atoms with Crippen LogP contribution in [0, 0.1) is 0 Å². The molecular formula is C33H30N4O5. The number of hydrazone groups is 1. The van der Waals surface area contributed by atoms with Gasteiger partial charge in [-0.3, -0.25) is 4.79 Å². The second-order valence-corrected chi connectivity index (χ2v) is 9.12. The summed E-state index contributed by atoms with van der Waals surface area (Å²) in [4.78, 5) is 12.9. The van der Waals surface area contributed by atoms with Crippen molar-refractivity contribution in [3.05, 3.63) is 120 Å². The molecule has 0 spiro atoms. The van der Waals surface area contributed by atoms with Crippen LogP contribution in [0.25, 0.3) is 16.9 Å². The summed E-state index contributed by atoms with van der Waals surface area (Å²) < 4.78 is 23.8. The van der Waals surface area contributed by atoms with E-state index >= 15 is 0 Å². The Balaban J connectivity index is 1.38. The molecule has 0 atom stereocenters. The highest BCUT2D eigenvalue weighted by molar-refractivity contribution is 5.97. The fourth-order valence-electron chi connectivity index (χ4n) is 4.31. The van der Waals surface area contributed by atoms with Gasteiger partial charge in [-0.1, -0.05) is 48.5 Å². The van der Waals surface area contributed by atoms with E-state index in [-0.39, 0.29) is 0 Å². The predicted octanol–water partition coefficient (Wildman–Crippen LogP) is 5.91. The fraction of sp³-hybridized carbons (Fsp3) is 0.121. The normalized spacial score (nSPS) is 10.8. The molecule has 42 heavy (non-hydrogen) atoms. The zero-order chi connectivity index (χ0) is 29.3. The van der Waals surface area contributed by atoms with Gasteiger partial charge < -0.3 is 18.9 Å². The number of rotatable bonds is 11. The standard InChI is InChI=1S/C33H30N4O5/c1-39-29-18-25(19-30(40-2)32(29)41-3)33(38)35-34-20-26-21-37(27-12-8-5-9-13-27)36-31(26)24-14-16-28(17-15-24)42-22-23-10-6-4-7-11-23/h4-21H,22H2,1-3H3,(H,35,38)/b34-20-. The minimum absolute atomic E-state index is 0.299. The molecule has 1 heterocycles. The van der Waals surface area contributed by atoms with Crippen molar-refractivity contribution >= 4 is 12.1 Å². The summed E-state index contributed by atoms with van der Waals surface area (Å²) in [5.74, 6) is 1.44. The van der Waals surface area contributed by atoms with Gasteiger partial charge in [-0.25, -0.2) is 10.1 Å². The fourth-order valence-corrected chi connectivity index (χ4v) is 4.31. The van der Waals surface area contributed by atoms with Crippen LogP contribution >= 0.6 is 0 Å². The minimum Gasteiger partial charge on any atom is -0.493 e. The Kier molecular flexibility index (Phi) is 8.79. The highest BCUT2D eigenvalue weighted by Gasteiger charge is 2.17. The van der Waals surface area contributed by atoms with E-state index in [1.165, 1.54) is 21.3 Å². The molecule has 9 nitrogen and oxygen atoms in total. The number of methoxy groups -OCH3 is 3. The van der Waals surface area contributed by atoms with Crippen LogP contribution in [0.1, 0.15) is 21.5 Å². The first-order chi connectivity index (χ1) is 20.6. The molecule has 9 heteroatoms. The zero-order valence-corrected chi connectivity index (χ0v) is 23.5. The summed E-state index contributed by atoms with van der Waals surface area (Å²) in [5, 5.41) is 9.05. The van der Waals surface area contributed by atoms with Gasteiger partial charge in [0.2, 0.25) is 5.75 Å². The van der Waals surface area contributed by atoms with Crippen molar-refractivity contribution in [1.29, 1.82) is 0 Å². The average molecular weight is 563 g/mol. The van der Waals surface area contributed by atoms with Crippen molar-refractivity contribution in [2.24, 2.45) is 5.10 Å². The van der Waals surface area contributed by atoms with Crippen molar-refractivity contribution in [2.45, 2.75) is 6.61 Å². The number of carbonyl (C=O) groups excluding carboxylic acids is 1. The maximum atomic E-state index is 12.9. The van der Waals surface area contributed by atoms with E-state index < -0.39 is 5.91 Å². The second kappa shape index (κ2) is 13.2. The van der Waals surface area contributed by atoms with Crippen molar-refractivity contribution in [3.8, 4) is 39.9 Å². The predicted molar refractivity (Wildman–Crippen MR) is 161 cm³/mol. The van der Waals surface area contributed by atoms with E-state index in [1.54, 1.807) is 23.0 Å². The number of nitrogens with one attached hydrogen (secondary N) is 1. The molecule has 0 saturated carbocycles. The second-order valence-electron chi connectivity index (χ2n) is 9.12. The average Bonchev–Trinajstić information content (AvgIpc) is 3.48. The highest BCUT2D eigenvalue weighted by Crippen LogP contribution is 2.38. The van der Waals surface area contributed by atoms with Gasteiger partial charge in [0.05, 0.1) is 33.2 Å². The zero-order valence-electron chi connectivity index (χ0n) is 23.5. The number of aromatic nitrogens is 2. The maximum absolute atomic E-state index is 12.9. The third-order valence-corrected chi connectivity index (χ3v) is 6.44. The molecule has 5 rings (SSSR count). The van der Waals surface area contributed by atoms with Crippen molar-refractivity contribution < 1.29 is 23.7 Å². The van der Waals surface area contributed by atoms with Crippen LogP contribution in [-0.4, -0.2) is 43.2 Å².